The first-order valence-electron chi connectivity index (χ1n) is 3.65. The first-order valence-corrected chi connectivity index (χ1v) is 3.65. The molecule has 0 bridgehead atoms. The third kappa shape index (κ3) is 3.01. The van der Waals surface area contributed by atoms with Crippen LogP contribution < -0.4 is 9.47 Å². The maximum absolute atomic E-state index is 11.9. The van der Waals surface area contributed by atoms with Gasteiger partial charge in [-0.05, 0) is 12.1 Å². The fourth-order valence-corrected chi connectivity index (χ4v) is 0.846. The molecule has 0 atom stereocenters. The average Bonchev–Trinajstić information content (AvgIpc) is 2.06. The standard InChI is InChI=1S/C9H7F3O2/c1-2-13-7-5-3-4-6-8(7)14-9(10,11)12/h2-6H,1H2. The Labute approximate surface area is 78.6 Å². The van der Waals surface area contributed by atoms with Crippen LogP contribution in [0.3, 0.4) is 0 Å². The minimum absolute atomic E-state index is 0.0279. The number of ether oxygens (including phenoxy) is 2. The number of alkyl halides is 3. The molecule has 0 radical (unpaired) electrons. The smallest absolute Gasteiger partial charge is 0.462 e. The average molecular weight is 204 g/mol. The highest BCUT2D eigenvalue weighted by Crippen LogP contribution is 2.31. The lowest BCUT2D eigenvalue weighted by molar-refractivity contribution is -0.275. The van der Waals surface area contributed by atoms with E-state index in [1.807, 2.05) is 0 Å². The van der Waals surface area contributed by atoms with Gasteiger partial charge >= 0.3 is 6.36 Å². The summed E-state index contributed by atoms with van der Waals surface area (Å²) in [6, 6.07) is 5.45. The lowest BCUT2D eigenvalue weighted by Gasteiger charge is -2.11. The molecule has 0 aliphatic carbocycles. The molecule has 1 aromatic rings. The Bertz CT molecular complexity index is 320. The van der Waals surface area contributed by atoms with Gasteiger partial charge in [0.2, 0.25) is 0 Å². The SMILES string of the molecule is C=COc1ccccc1OC(F)(F)F. The van der Waals surface area contributed by atoms with Crippen molar-refractivity contribution in [2.24, 2.45) is 0 Å². The molecule has 0 unspecified atom stereocenters. The topological polar surface area (TPSA) is 18.5 Å². The molecule has 0 aliphatic heterocycles. The van der Waals surface area contributed by atoms with Crippen molar-refractivity contribution >= 4 is 0 Å². The summed E-state index contributed by atoms with van der Waals surface area (Å²) in [4.78, 5) is 0. The molecule has 0 aliphatic rings. The molecule has 5 heteroatoms. The van der Waals surface area contributed by atoms with Crippen LogP contribution in [0.25, 0.3) is 0 Å². The van der Waals surface area contributed by atoms with E-state index in [9.17, 15) is 13.2 Å². The zero-order valence-corrected chi connectivity index (χ0v) is 7.04. The van der Waals surface area contributed by atoms with E-state index in [0.717, 1.165) is 12.3 Å². The maximum Gasteiger partial charge on any atom is 0.573 e. The summed E-state index contributed by atoms with van der Waals surface area (Å²) < 4.78 is 44.0. The van der Waals surface area contributed by atoms with Crippen molar-refractivity contribution in [3.05, 3.63) is 37.1 Å². The second-order valence-electron chi connectivity index (χ2n) is 2.28. The van der Waals surface area contributed by atoms with E-state index in [4.69, 9.17) is 4.74 Å². The number of hydrogen-bond acceptors (Lipinski definition) is 2. The van der Waals surface area contributed by atoms with Gasteiger partial charge in [-0.2, -0.15) is 0 Å². The van der Waals surface area contributed by atoms with Crippen LogP contribution >= 0.6 is 0 Å². The summed E-state index contributed by atoms with van der Waals surface area (Å²) in [6.07, 6.45) is -3.70. The van der Waals surface area contributed by atoms with Gasteiger partial charge in [-0.15, -0.1) is 13.2 Å². The van der Waals surface area contributed by atoms with Gasteiger partial charge in [-0.1, -0.05) is 18.7 Å². The van der Waals surface area contributed by atoms with Crippen LogP contribution in [0.5, 0.6) is 11.5 Å². The van der Waals surface area contributed by atoms with Crippen molar-refractivity contribution in [1.29, 1.82) is 0 Å². The molecule has 76 valence electrons. The van der Waals surface area contributed by atoms with E-state index < -0.39 is 6.36 Å². The fraction of sp³-hybridized carbons (Fsp3) is 0.111. The van der Waals surface area contributed by atoms with Crippen molar-refractivity contribution in [2.75, 3.05) is 0 Å². The molecule has 0 saturated carbocycles. The van der Waals surface area contributed by atoms with Gasteiger partial charge in [0.1, 0.15) is 0 Å². The summed E-state index contributed by atoms with van der Waals surface area (Å²) in [5.41, 5.74) is 0. The van der Waals surface area contributed by atoms with Crippen LogP contribution in [0.2, 0.25) is 0 Å². The van der Waals surface area contributed by atoms with Gasteiger partial charge in [0.25, 0.3) is 0 Å². The molecule has 0 aromatic heterocycles. The lowest BCUT2D eigenvalue weighted by Crippen LogP contribution is -2.17. The Hall–Kier alpha value is -1.65. The molecule has 0 heterocycles. The predicted octanol–water partition coefficient (Wildman–Crippen LogP) is 3.11. The monoisotopic (exact) mass is 204 g/mol. The Morgan fingerprint density at radius 2 is 1.71 bits per heavy atom. The number of para-hydroxylation sites is 2. The molecule has 2 nitrogen and oxygen atoms in total. The van der Waals surface area contributed by atoms with Crippen LogP contribution in [0.1, 0.15) is 0 Å². The van der Waals surface area contributed by atoms with E-state index in [1.165, 1.54) is 18.2 Å². The van der Waals surface area contributed by atoms with Crippen molar-refractivity contribution in [1.82, 2.24) is 0 Å². The van der Waals surface area contributed by atoms with Crippen LogP contribution in [-0.2, 0) is 0 Å². The van der Waals surface area contributed by atoms with Crippen molar-refractivity contribution in [3.63, 3.8) is 0 Å². The van der Waals surface area contributed by atoms with Gasteiger partial charge < -0.3 is 9.47 Å². The lowest BCUT2D eigenvalue weighted by atomic mass is 10.3. The van der Waals surface area contributed by atoms with Crippen molar-refractivity contribution in [3.8, 4) is 11.5 Å². The fourth-order valence-electron chi connectivity index (χ4n) is 0.846. The highest BCUT2D eigenvalue weighted by molar-refractivity contribution is 5.39. The molecule has 1 rings (SSSR count). The van der Waals surface area contributed by atoms with Gasteiger partial charge in [0, 0.05) is 0 Å². The molecule has 14 heavy (non-hydrogen) atoms. The second-order valence-corrected chi connectivity index (χ2v) is 2.28. The first-order chi connectivity index (χ1) is 6.53. The molecule has 0 spiro atoms. The second kappa shape index (κ2) is 4.04. The number of hydrogen-bond donors (Lipinski definition) is 0. The van der Waals surface area contributed by atoms with E-state index in [1.54, 1.807) is 0 Å². The molecule has 0 fully saturated rings. The predicted molar refractivity (Wildman–Crippen MR) is 44.0 cm³/mol. The third-order valence-corrected chi connectivity index (χ3v) is 1.29. The highest BCUT2D eigenvalue weighted by Gasteiger charge is 2.32. The summed E-state index contributed by atoms with van der Waals surface area (Å²) in [7, 11) is 0. The van der Waals surface area contributed by atoms with E-state index >= 15 is 0 Å². The number of halogens is 3. The van der Waals surface area contributed by atoms with Crippen molar-refractivity contribution < 1.29 is 22.6 Å². The van der Waals surface area contributed by atoms with Gasteiger partial charge in [0.15, 0.2) is 11.5 Å². The minimum atomic E-state index is -4.72. The van der Waals surface area contributed by atoms with Crippen LogP contribution in [0, 0.1) is 0 Å². The largest absolute Gasteiger partial charge is 0.573 e. The van der Waals surface area contributed by atoms with Crippen LogP contribution in [0.15, 0.2) is 37.1 Å². The van der Waals surface area contributed by atoms with E-state index in [0.29, 0.717) is 0 Å². The zero-order valence-electron chi connectivity index (χ0n) is 7.04. The molecular formula is C9H7F3O2. The quantitative estimate of drug-likeness (QED) is 0.704. The van der Waals surface area contributed by atoms with Crippen molar-refractivity contribution in [2.45, 2.75) is 6.36 Å². The summed E-state index contributed by atoms with van der Waals surface area (Å²) in [5, 5.41) is 0. The minimum Gasteiger partial charge on any atom is -0.462 e. The van der Waals surface area contributed by atoms with Gasteiger partial charge in [0.05, 0.1) is 6.26 Å². The Kier molecular flexibility index (Phi) is 3.01. The third-order valence-electron chi connectivity index (χ3n) is 1.29. The van der Waals surface area contributed by atoms with Crippen LogP contribution in [0.4, 0.5) is 13.2 Å². The zero-order chi connectivity index (χ0) is 10.6. The molecule has 0 saturated heterocycles. The summed E-state index contributed by atoms with van der Waals surface area (Å²) in [5.74, 6) is -0.417. The highest BCUT2D eigenvalue weighted by atomic mass is 19.4. The normalized spacial score (nSPS) is 10.8. The Balaban J connectivity index is 2.89. The molecule has 0 N–H and O–H groups in total. The molecule has 0 amide bonds. The van der Waals surface area contributed by atoms with E-state index in [-0.39, 0.29) is 11.5 Å². The summed E-state index contributed by atoms with van der Waals surface area (Å²) in [6.45, 7) is 3.23. The summed E-state index contributed by atoms with van der Waals surface area (Å²) >= 11 is 0. The maximum atomic E-state index is 11.9. The first kappa shape index (κ1) is 10.4. The molecule has 1 aromatic carbocycles. The van der Waals surface area contributed by atoms with Crippen LogP contribution in [-0.4, -0.2) is 6.36 Å². The van der Waals surface area contributed by atoms with Gasteiger partial charge in [-0.25, -0.2) is 0 Å². The number of benzene rings is 1. The van der Waals surface area contributed by atoms with Gasteiger partial charge in [-0.3, -0.25) is 0 Å². The Morgan fingerprint density at radius 1 is 1.14 bits per heavy atom. The van der Waals surface area contributed by atoms with E-state index in [2.05, 4.69) is 11.3 Å². The Morgan fingerprint density at radius 3 is 2.21 bits per heavy atom. The molecular weight excluding hydrogens is 197 g/mol. The number of rotatable bonds is 3.